The molecule has 112 valence electrons. The summed E-state index contributed by atoms with van der Waals surface area (Å²) in [6.45, 7) is 2.50. The van der Waals surface area contributed by atoms with Gasteiger partial charge in [-0.25, -0.2) is 13.2 Å². The molecule has 1 aromatic rings. The lowest BCUT2D eigenvalue weighted by molar-refractivity contribution is 0.0527. The molecule has 6 nitrogen and oxygen atoms in total. The van der Waals surface area contributed by atoms with E-state index in [1.54, 1.807) is 25.1 Å². The van der Waals surface area contributed by atoms with Crippen molar-refractivity contribution in [3.05, 3.63) is 23.8 Å². The summed E-state index contributed by atoms with van der Waals surface area (Å²) >= 11 is 0. The number of carbonyl (C=O) groups excluding carboxylic acids is 1. The lowest BCUT2D eigenvalue weighted by Gasteiger charge is -2.10. The Labute approximate surface area is 119 Å². The smallest absolute Gasteiger partial charge is 0.340 e. The SMILES string of the molecule is CCOC(=O)c1cc(NCCCS(C)(=O)=O)ccc1N. The average molecular weight is 300 g/mol. The number of benzene rings is 1. The van der Waals surface area contributed by atoms with Crippen LogP contribution >= 0.6 is 0 Å². The number of nitrogen functional groups attached to an aromatic ring is 1. The second-order valence-electron chi connectivity index (χ2n) is 4.43. The van der Waals surface area contributed by atoms with E-state index in [2.05, 4.69) is 5.32 Å². The van der Waals surface area contributed by atoms with Crippen LogP contribution in [0.3, 0.4) is 0 Å². The number of sulfone groups is 1. The lowest BCUT2D eigenvalue weighted by Crippen LogP contribution is -2.11. The summed E-state index contributed by atoms with van der Waals surface area (Å²) in [4.78, 5) is 11.7. The maximum atomic E-state index is 11.7. The Bertz CT molecular complexity index is 570. The lowest BCUT2D eigenvalue weighted by atomic mass is 10.1. The Morgan fingerprint density at radius 3 is 2.70 bits per heavy atom. The van der Waals surface area contributed by atoms with Crippen LogP contribution in [0.1, 0.15) is 23.7 Å². The van der Waals surface area contributed by atoms with E-state index in [-0.39, 0.29) is 12.4 Å². The van der Waals surface area contributed by atoms with Gasteiger partial charge in [0.05, 0.1) is 17.9 Å². The summed E-state index contributed by atoms with van der Waals surface area (Å²) in [5, 5.41) is 3.05. The number of anilines is 2. The van der Waals surface area contributed by atoms with Gasteiger partial charge in [-0.2, -0.15) is 0 Å². The van der Waals surface area contributed by atoms with Crippen LogP contribution in [0.5, 0.6) is 0 Å². The molecule has 0 saturated carbocycles. The van der Waals surface area contributed by atoms with Gasteiger partial charge in [0, 0.05) is 24.2 Å². The van der Waals surface area contributed by atoms with Crippen LogP contribution < -0.4 is 11.1 Å². The molecule has 0 bridgehead atoms. The summed E-state index contributed by atoms with van der Waals surface area (Å²) in [5.41, 5.74) is 7.09. The number of rotatable bonds is 7. The molecule has 0 amide bonds. The van der Waals surface area contributed by atoms with Crippen molar-refractivity contribution in [3.63, 3.8) is 0 Å². The van der Waals surface area contributed by atoms with E-state index >= 15 is 0 Å². The Balaban J connectivity index is 2.63. The molecule has 0 aliphatic rings. The third-order valence-electron chi connectivity index (χ3n) is 2.57. The van der Waals surface area contributed by atoms with Gasteiger partial charge in [0.25, 0.3) is 0 Å². The molecule has 1 rings (SSSR count). The molecule has 0 saturated heterocycles. The zero-order valence-electron chi connectivity index (χ0n) is 11.7. The molecule has 3 N–H and O–H groups in total. The minimum Gasteiger partial charge on any atom is -0.462 e. The first-order valence-electron chi connectivity index (χ1n) is 6.31. The summed E-state index contributed by atoms with van der Waals surface area (Å²) in [5.74, 6) is -0.343. The van der Waals surface area contributed by atoms with Crippen LogP contribution in [-0.4, -0.2) is 39.5 Å². The molecule has 0 spiro atoms. The Morgan fingerprint density at radius 2 is 2.10 bits per heavy atom. The number of hydrogen-bond acceptors (Lipinski definition) is 6. The highest BCUT2D eigenvalue weighted by molar-refractivity contribution is 7.90. The van der Waals surface area contributed by atoms with Crippen molar-refractivity contribution < 1.29 is 17.9 Å². The maximum Gasteiger partial charge on any atom is 0.340 e. The summed E-state index contributed by atoms with van der Waals surface area (Å²) in [7, 11) is -2.95. The van der Waals surface area contributed by atoms with Gasteiger partial charge in [0.15, 0.2) is 0 Å². The topological polar surface area (TPSA) is 98.5 Å². The molecule has 0 atom stereocenters. The normalized spacial score (nSPS) is 11.1. The summed E-state index contributed by atoms with van der Waals surface area (Å²) in [6.07, 6.45) is 1.70. The Morgan fingerprint density at radius 1 is 1.40 bits per heavy atom. The predicted octanol–water partition coefficient (Wildman–Crippen LogP) is 1.29. The maximum absolute atomic E-state index is 11.7. The molecule has 0 fully saturated rings. The van der Waals surface area contributed by atoms with Crippen molar-refractivity contribution in [1.82, 2.24) is 0 Å². The predicted molar refractivity (Wildman–Crippen MR) is 79.6 cm³/mol. The van der Waals surface area contributed by atoms with E-state index in [1.165, 1.54) is 6.26 Å². The van der Waals surface area contributed by atoms with Gasteiger partial charge in [0.2, 0.25) is 0 Å². The number of ether oxygens (including phenoxy) is 1. The van der Waals surface area contributed by atoms with Crippen LogP contribution in [0.2, 0.25) is 0 Å². The third-order valence-corrected chi connectivity index (χ3v) is 3.60. The van der Waals surface area contributed by atoms with Crippen LogP contribution in [0, 0.1) is 0 Å². The van der Waals surface area contributed by atoms with Crippen molar-refractivity contribution in [3.8, 4) is 0 Å². The van der Waals surface area contributed by atoms with Gasteiger partial charge in [-0.3, -0.25) is 0 Å². The first-order valence-corrected chi connectivity index (χ1v) is 8.38. The fourth-order valence-electron chi connectivity index (χ4n) is 1.62. The first-order chi connectivity index (χ1) is 9.33. The highest BCUT2D eigenvalue weighted by Gasteiger charge is 2.11. The molecular weight excluding hydrogens is 280 g/mol. The van der Waals surface area contributed by atoms with Crippen molar-refractivity contribution >= 4 is 27.2 Å². The molecule has 0 unspecified atom stereocenters. The van der Waals surface area contributed by atoms with Crippen LogP contribution in [0.25, 0.3) is 0 Å². The second-order valence-corrected chi connectivity index (χ2v) is 6.69. The molecule has 0 aliphatic heterocycles. The number of carbonyl (C=O) groups is 1. The Kier molecular flexibility index (Phi) is 5.82. The number of hydrogen-bond donors (Lipinski definition) is 2. The minimum absolute atomic E-state index is 0.125. The zero-order valence-corrected chi connectivity index (χ0v) is 12.5. The van der Waals surface area contributed by atoms with Gasteiger partial charge >= 0.3 is 5.97 Å². The van der Waals surface area contributed by atoms with Crippen LogP contribution in [-0.2, 0) is 14.6 Å². The summed E-state index contributed by atoms with van der Waals surface area (Å²) < 4.78 is 26.9. The average Bonchev–Trinajstić information content (AvgIpc) is 2.35. The molecule has 1 aromatic carbocycles. The van der Waals surface area contributed by atoms with Crippen LogP contribution in [0.4, 0.5) is 11.4 Å². The van der Waals surface area contributed by atoms with Gasteiger partial charge in [0.1, 0.15) is 9.84 Å². The second kappa shape index (κ2) is 7.14. The van der Waals surface area contributed by atoms with Gasteiger partial charge in [-0.05, 0) is 31.5 Å². The van der Waals surface area contributed by atoms with E-state index < -0.39 is 15.8 Å². The monoisotopic (exact) mass is 300 g/mol. The third kappa shape index (κ3) is 5.48. The van der Waals surface area contributed by atoms with Crippen molar-refractivity contribution in [2.45, 2.75) is 13.3 Å². The van der Waals surface area contributed by atoms with E-state index in [0.29, 0.717) is 29.9 Å². The molecular formula is C13H20N2O4S. The van der Waals surface area contributed by atoms with Crippen molar-refractivity contribution in [2.75, 3.05) is 36.2 Å². The quantitative estimate of drug-likeness (QED) is 0.447. The van der Waals surface area contributed by atoms with Crippen molar-refractivity contribution in [1.29, 1.82) is 0 Å². The number of esters is 1. The number of nitrogens with one attached hydrogen (secondary N) is 1. The molecule has 0 radical (unpaired) electrons. The van der Waals surface area contributed by atoms with E-state index in [4.69, 9.17) is 10.5 Å². The fourth-order valence-corrected chi connectivity index (χ4v) is 2.29. The number of nitrogens with two attached hydrogens (primary N) is 1. The van der Waals surface area contributed by atoms with Gasteiger partial charge in [-0.1, -0.05) is 0 Å². The minimum atomic E-state index is -2.95. The Hall–Kier alpha value is -1.76. The molecule has 7 heteroatoms. The van der Waals surface area contributed by atoms with E-state index in [1.807, 2.05) is 0 Å². The summed E-state index contributed by atoms with van der Waals surface area (Å²) in [6, 6.07) is 4.96. The highest BCUT2D eigenvalue weighted by atomic mass is 32.2. The largest absolute Gasteiger partial charge is 0.462 e. The van der Waals surface area contributed by atoms with Crippen LogP contribution in [0.15, 0.2) is 18.2 Å². The zero-order chi connectivity index (χ0) is 15.2. The molecule has 20 heavy (non-hydrogen) atoms. The highest BCUT2D eigenvalue weighted by Crippen LogP contribution is 2.19. The van der Waals surface area contributed by atoms with Gasteiger partial charge < -0.3 is 15.8 Å². The molecule has 0 aliphatic carbocycles. The molecule has 0 heterocycles. The fraction of sp³-hybridized carbons (Fsp3) is 0.462. The molecule has 0 aromatic heterocycles. The first kappa shape index (κ1) is 16.3. The standard InChI is InChI=1S/C13H20N2O4S/c1-3-19-13(16)11-9-10(5-6-12(11)14)15-7-4-8-20(2,17)18/h5-6,9,15H,3-4,7-8,14H2,1-2H3. The van der Waals surface area contributed by atoms with E-state index in [0.717, 1.165) is 0 Å². The van der Waals surface area contributed by atoms with E-state index in [9.17, 15) is 13.2 Å². The van der Waals surface area contributed by atoms with Crippen molar-refractivity contribution in [2.24, 2.45) is 0 Å². The van der Waals surface area contributed by atoms with Gasteiger partial charge in [-0.15, -0.1) is 0 Å².